The van der Waals surface area contributed by atoms with E-state index in [1.807, 2.05) is 0 Å². The summed E-state index contributed by atoms with van der Waals surface area (Å²) in [6.07, 6.45) is -3.14. The maximum atomic E-state index is 12.4. The molecular formula is C13H13F3O3S. The van der Waals surface area contributed by atoms with Crippen molar-refractivity contribution in [1.29, 1.82) is 0 Å². The first-order valence-electron chi connectivity index (χ1n) is 6.09. The predicted molar refractivity (Wildman–Crippen MR) is 65.8 cm³/mol. The fourth-order valence-electron chi connectivity index (χ4n) is 1.89. The van der Waals surface area contributed by atoms with Crippen LogP contribution in [0.25, 0.3) is 0 Å². The zero-order chi connectivity index (χ0) is 15.1. The molecule has 1 aliphatic rings. The van der Waals surface area contributed by atoms with Crippen molar-refractivity contribution in [3.63, 3.8) is 0 Å². The molecule has 0 saturated heterocycles. The van der Waals surface area contributed by atoms with Gasteiger partial charge in [0.05, 0.1) is 10.5 Å². The van der Waals surface area contributed by atoms with Gasteiger partial charge in [0.15, 0.2) is 15.6 Å². The molecule has 20 heavy (non-hydrogen) atoms. The maximum absolute atomic E-state index is 12.4. The van der Waals surface area contributed by atoms with Crippen LogP contribution in [-0.4, -0.2) is 19.5 Å². The van der Waals surface area contributed by atoms with Crippen molar-refractivity contribution in [3.05, 3.63) is 29.8 Å². The van der Waals surface area contributed by atoms with Crippen molar-refractivity contribution < 1.29 is 26.4 Å². The minimum absolute atomic E-state index is 0.214. The van der Waals surface area contributed by atoms with Gasteiger partial charge in [0, 0.05) is 5.92 Å². The molecule has 7 heteroatoms. The van der Waals surface area contributed by atoms with Gasteiger partial charge in [0.25, 0.3) is 0 Å². The molecule has 0 heterocycles. The summed E-state index contributed by atoms with van der Waals surface area (Å²) in [4.78, 5) is 11.5. The average Bonchev–Trinajstić information content (AvgIpc) is 3.20. The Morgan fingerprint density at radius 1 is 1.20 bits per heavy atom. The van der Waals surface area contributed by atoms with E-state index in [4.69, 9.17) is 0 Å². The number of ketones is 1. The highest BCUT2D eigenvalue weighted by Gasteiger charge is 2.39. The first kappa shape index (κ1) is 15.0. The number of halogens is 3. The molecule has 0 aromatic heterocycles. The molecule has 1 aromatic carbocycles. The van der Waals surface area contributed by atoms with Crippen LogP contribution in [0, 0.1) is 5.92 Å². The third-order valence-electron chi connectivity index (χ3n) is 3.36. The number of Topliss-reactive ketones (excluding diaryl/α,β-unsaturated/α-hetero) is 1. The topological polar surface area (TPSA) is 51.2 Å². The molecule has 3 nitrogen and oxygen atoms in total. The SMILES string of the molecule is CC(C(=O)C1CC1)S(=O)(=O)c1ccc(C(F)(F)F)cc1. The minimum Gasteiger partial charge on any atom is -0.298 e. The molecule has 1 atom stereocenters. The van der Waals surface area contributed by atoms with Gasteiger partial charge in [0.2, 0.25) is 0 Å². The van der Waals surface area contributed by atoms with Crippen LogP contribution in [0.3, 0.4) is 0 Å². The Morgan fingerprint density at radius 3 is 2.10 bits per heavy atom. The van der Waals surface area contributed by atoms with Crippen molar-refractivity contribution in [2.45, 2.75) is 36.1 Å². The number of rotatable bonds is 4. The Kier molecular flexibility index (Phi) is 3.66. The maximum Gasteiger partial charge on any atom is 0.416 e. The normalized spacial score (nSPS) is 17.8. The summed E-state index contributed by atoms with van der Waals surface area (Å²) in [6, 6.07) is 3.21. The molecule has 0 amide bonds. The molecule has 0 radical (unpaired) electrons. The molecule has 1 aliphatic carbocycles. The van der Waals surface area contributed by atoms with Crippen molar-refractivity contribution in [2.75, 3.05) is 0 Å². The third kappa shape index (κ3) is 2.87. The number of hydrogen-bond acceptors (Lipinski definition) is 3. The van der Waals surface area contributed by atoms with Crippen LogP contribution in [0.1, 0.15) is 25.3 Å². The summed E-state index contributed by atoms with van der Waals surface area (Å²) in [7, 11) is -3.92. The van der Waals surface area contributed by atoms with E-state index in [1.165, 1.54) is 6.92 Å². The Hall–Kier alpha value is -1.37. The van der Waals surface area contributed by atoms with Gasteiger partial charge in [-0.1, -0.05) is 0 Å². The van der Waals surface area contributed by atoms with Crippen LogP contribution >= 0.6 is 0 Å². The highest BCUT2D eigenvalue weighted by Crippen LogP contribution is 2.34. The summed E-state index contributed by atoms with van der Waals surface area (Å²) in [6.45, 7) is 1.29. The highest BCUT2D eigenvalue weighted by molar-refractivity contribution is 7.92. The zero-order valence-corrected chi connectivity index (χ0v) is 11.5. The van der Waals surface area contributed by atoms with Crippen LogP contribution < -0.4 is 0 Å². The van der Waals surface area contributed by atoms with E-state index in [-0.39, 0.29) is 16.6 Å². The molecule has 110 valence electrons. The van der Waals surface area contributed by atoms with Crippen LogP contribution in [0.15, 0.2) is 29.2 Å². The largest absolute Gasteiger partial charge is 0.416 e. The van der Waals surface area contributed by atoms with Gasteiger partial charge in [-0.25, -0.2) is 8.42 Å². The molecule has 0 bridgehead atoms. The van der Waals surface area contributed by atoms with Crippen LogP contribution in [-0.2, 0) is 20.8 Å². The van der Waals surface area contributed by atoms with E-state index in [9.17, 15) is 26.4 Å². The molecule has 0 N–H and O–H groups in total. The second-order valence-corrected chi connectivity index (χ2v) is 7.15. The Bertz CT molecular complexity index is 613. The van der Waals surface area contributed by atoms with E-state index in [1.54, 1.807) is 0 Å². The van der Waals surface area contributed by atoms with Crippen molar-refractivity contribution in [1.82, 2.24) is 0 Å². The molecule has 0 spiro atoms. The molecule has 1 aromatic rings. The average molecular weight is 306 g/mol. The van der Waals surface area contributed by atoms with Crippen molar-refractivity contribution >= 4 is 15.6 Å². The second kappa shape index (κ2) is 4.87. The van der Waals surface area contributed by atoms with Crippen molar-refractivity contribution in [2.24, 2.45) is 5.92 Å². The Balaban J connectivity index is 2.27. The second-order valence-electron chi connectivity index (χ2n) is 4.89. The fraction of sp³-hybridized carbons (Fsp3) is 0.462. The van der Waals surface area contributed by atoms with Gasteiger partial charge in [0.1, 0.15) is 5.25 Å². The lowest BCUT2D eigenvalue weighted by molar-refractivity contribution is -0.137. The Morgan fingerprint density at radius 2 is 1.70 bits per heavy atom. The highest BCUT2D eigenvalue weighted by atomic mass is 32.2. The summed E-state index contributed by atoms with van der Waals surface area (Å²) in [5.41, 5.74) is -0.919. The summed E-state index contributed by atoms with van der Waals surface area (Å²) in [5.74, 6) is -0.570. The molecule has 1 unspecified atom stereocenters. The molecule has 1 fully saturated rings. The first-order valence-corrected chi connectivity index (χ1v) is 7.63. The zero-order valence-electron chi connectivity index (χ0n) is 10.6. The number of carbonyl (C=O) groups is 1. The monoisotopic (exact) mass is 306 g/mol. The van der Waals surface area contributed by atoms with Gasteiger partial charge in [-0.05, 0) is 44.0 Å². The number of sulfone groups is 1. The predicted octanol–water partition coefficient (Wildman–Crippen LogP) is 2.85. The fourth-order valence-corrected chi connectivity index (χ4v) is 3.31. The lowest BCUT2D eigenvalue weighted by Crippen LogP contribution is -2.28. The first-order chi connectivity index (χ1) is 9.14. The lowest BCUT2D eigenvalue weighted by atomic mass is 10.2. The smallest absolute Gasteiger partial charge is 0.298 e. The van der Waals surface area contributed by atoms with Gasteiger partial charge in [-0.15, -0.1) is 0 Å². The summed E-state index contributed by atoms with van der Waals surface area (Å²) in [5, 5.41) is -1.22. The third-order valence-corrected chi connectivity index (χ3v) is 5.45. The molecule has 0 aliphatic heterocycles. The molecule has 1 saturated carbocycles. The van der Waals surface area contributed by atoms with Crippen LogP contribution in [0.5, 0.6) is 0 Å². The summed E-state index contributed by atoms with van der Waals surface area (Å²) < 4.78 is 61.6. The van der Waals surface area contributed by atoms with Gasteiger partial charge < -0.3 is 0 Å². The van der Waals surface area contributed by atoms with Crippen LogP contribution in [0.4, 0.5) is 13.2 Å². The summed E-state index contributed by atoms with van der Waals surface area (Å²) >= 11 is 0. The lowest BCUT2D eigenvalue weighted by Gasteiger charge is -2.13. The minimum atomic E-state index is -4.52. The Labute approximate surface area is 114 Å². The van der Waals surface area contributed by atoms with Gasteiger partial charge in [-0.2, -0.15) is 13.2 Å². The number of benzene rings is 1. The van der Waals surface area contributed by atoms with E-state index < -0.39 is 26.8 Å². The standard InChI is InChI=1S/C13H13F3O3S/c1-8(12(17)9-2-3-9)20(18,19)11-6-4-10(5-7-11)13(14,15)16/h4-9H,2-3H2,1H3. The van der Waals surface area contributed by atoms with E-state index >= 15 is 0 Å². The molecular weight excluding hydrogens is 293 g/mol. The number of alkyl halides is 3. The van der Waals surface area contributed by atoms with E-state index in [2.05, 4.69) is 0 Å². The molecule has 2 rings (SSSR count). The number of carbonyl (C=O) groups excluding carboxylic acids is 1. The number of hydrogen-bond donors (Lipinski definition) is 0. The van der Waals surface area contributed by atoms with Gasteiger partial charge in [-0.3, -0.25) is 4.79 Å². The van der Waals surface area contributed by atoms with Crippen LogP contribution in [0.2, 0.25) is 0 Å². The quantitative estimate of drug-likeness (QED) is 0.859. The van der Waals surface area contributed by atoms with E-state index in [0.29, 0.717) is 25.0 Å². The van der Waals surface area contributed by atoms with E-state index in [0.717, 1.165) is 12.1 Å². The van der Waals surface area contributed by atoms with Gasteiger partial charge >= 0.3 is 6.18 Å². The van der Waals surface area contributed by atoms with Crippen molar-refractivity contribution in [3.8, 4) is 0 Å².